The normalized spacial score (nSPS) is 23.0. The number of fused-ring (bicyclic) bond motifs is 1. The van der Waals surface area contributed by atoms with Crippen LogP contribution < -0.4 is 0 Å². The van der Waals surface area contributed by atoms with Gasteiger partial charge in [-0.2, -0.15) is 0 Å². The predicted octanol–water partition coefficient (Wildman–Crippen LogP) is 5.48. The number of hydrogen-bond donors (Lipinski definition) is 0. The van der Waals surface area contributed by atoms with Crippen LogP contribution in [0.3, 0.4) is 0 Å². The average molecular weight is 421 g/mol. The molecule has 2 aromatic rings. The van der Waals surface area contributed by atoms with Crippen LogP contribution in [0.15, 0.2) is 42.9 Å². The molecule has 1 aromatic carbocycles. The van der Waals surface area contributed by atoms with Crippen molar-refractivity contribution >= 4 is 22.9 Å². The first-order chi connectivity index (χ1) is 15.1. The van der Waals surface area contributed by atoms with Crippen molar-refractivity contribution < 1.29 is 14.3 Å². The largest absolute Gasteiger partial charge is 0.466 e. The zero-order valence-electron chi connectivity index (χ0n) is 18.5. The van der Waals surface area contributed by atoms with Gasteiger partial charge in [0, 0.05) is 18.8 Å². The number of benzene rings is 1. The Morgan fingerprint density at radius 2 is 1.87 bits per heavy atom. The van der Waals surface area contributed by atoms with E-state index >= 15 is 0 Å². The van der Waals surface area contributed by atoms with E-state index in [0.29, 0.717) is 31.1 Å². The van der Waals surface area contributed by atoms with Crippen molar-refractivity contribution in [1.82, 2.24) is 9.55 Å². The SMILES string of the molecule is CCOC(=O)CCC1CCC(C(=O)CC2C(c3ccccc3)=C(C)c3cncn32)CC1. The number of carbonyl (C=O) groups is 2. The Morgan fingerprint density at radius 1 is 1.13 bits per heavy atom. The van der Waals surface area contributed by atoms with Gasteiger partial charge in [-0.05, 0) is 68.6 Å². The van der Waals surface area contributed by atoms with Crippen LogP contribution in [0.2, 0.25) is 0 Å². The molecule has 1 aromatic heterocycles. The van der Waals surface area contributed by atoms with Crippen LogP contribution in [-0.4, -0.2) is 27.9 Å². The smallest absolute Gasteiger partial charge is 0.305 e. The summed E-state index contributed by atoms with van der Waals surface area (Å²) in [4.78, 5) is 29.2. The third-order valence-electron chi connectivity index (χ3n) is 6.97. The maximum absolute atomic E-state index is 13.3. The molecule has 1 saturated carbocycles. The maximum atomic E-state index is 13.3. The first-order valence-corrected chi connectivity index (χ1v) is 11.5. The van der Waals surface area contributed by atoms with Gasteiger partial charge in [-0.15, -0.1) is 0 Å². The van der Waals surface area contributed by atoms with Gasteiger partial charge in [-0.3, -0.25) is 9.59 Å². The summed E-state index contributed by atoms with van der Waals surface area (Å²) in [5.41, 5.74) is 4.75. The molecule has 2 heterocycles. The molecular weight excluding hydrogens is 388 g/mol. The molecule has 0 amide bonds. The lowest BCUT2D eigenvalue weighted by molar-refractivity contribution is -0.143. The van der Waals surface area contributed by atoms with Crippen molar-refractivity contribution in [3.63, 3.8) is 0 Å². The van der Waals surface area contributed by atoms with Crippen molar-refractivity contribution in [2.45, 2.75) is 64.8 Å². The van der Waals surface area contributed by atoms with Gasteiger partial charge in [0.1, 0.15) is 5.78 Å². The Balaban J connectivity index is 1.39. The summed E-state index contributed by atoms with van der Waals surface area (Å²) in [6, 6.07) is 10.4. The van der Waals surface area contributed by atoms with Gasteiger partial charge in [0.25, 0.3) is 0 Å². The fourth-order valence-corrected chi connectivity index (χ4v) is 5.28. The van der Waals surface area contributed by atoms with Crippen LogP contribution in [-0.2, 0) is 14.3 Å². The van der Waals surface area contributed by atoms with E-state index in [9.17, 15) is 9.59 Å². The number of rotatable bonds is 8. The number of ether oxygens (including phenoxy) is 1. The van der Waals surface area contributed by atoms with E-state index < -0.39 is 0 Å². The van der Waals surface area contributed by atoms with E-state index in [1.807, 2.05) is 25.5 Å². The van der Waals surface area contributed by atoms with Crippen molar-refractivity contribution in [1.29, 1.82) is 0 Å². The van der Waals surface area contributed by atoms with Crippen LogP contribution >= 0.6 is 0 Å². The van der Waals surface area contributed by atoms with E-state index in [-0.39, 0.29) is 17.9 Å². The minimum atomic E-state index is -0.103. The van der Waals surface area contributed by atoms with Crippen molar-refractivity contribution in [3.8, 4) is 0 Å². The van der Waals surface area contributed by atoms with Gasteiger partial charge in [-0.1, -0.05) is 30.3 Å². The molecule has 1 unspecified atom stereocenters. The summed E-state index contributed by atoms with van der Waals surface area (Å²) in [6.45, 7) is 4.42. The molecule has 0 radical (unpaired) electrons. The van der Waals surface area contributed by atoms with Gasteiger partial charge in [0.05, 0.1) is 30.9 Å². The van der Waals surface area contributed by atoms with E-state index in [1.165, 1.54) is 16.7 Å². The summed E-state index contributed by atoms with van der Waals surface area (Å²) < 4.78 is 7.21. The highest BCUT2D eigenvalue weighted by Gasteiger charge is 2.34. The number of allylic oxidation sites excluding steroid dienone is 2. The Kier molecular flexibility index (Phi) is 6.69. The molecule has 0 saturated heterocycles. The Morgan fingerprint density at radius 3 is 2.58 bits per heavy atom. The molecule has 0 bridgehead atoms. The number of carbonyl (C=O) groups excluding carboxylic acids is 2. The van der Waals surface area contributed by atoms with Gasteiger partial charge < -0.3 is 9.30 Å². The van der Waals surface area contributed by atoms with E-state index in [4.69, 9.17) is 4.74 Å². The lowest BCUT2D eigenvalue weighted by Crippen LogP contribution is -2.25. The standard InChI is InChI=1S/C26H32N2O3/c1-3-31-25(30)14-11-19-9-12-20(13-10-19)24(29)15-22-26(21-7-5-4-6-8-21)18(2)23-16-27-17-28(22)23/h4-8,16-17,19-20,22H,3,9-15H2,1-2H3. The number of Topliss-reactive ketones (excluding diaryl/α,β-unsaturated/α-hetero) is 1. The van der Waals surface area contributed by atoms with Crippen LogP contribution in [0.4, 0.5) is 0 Å². The molecule has 0 spiro atoms. The maximum Gasteiger partial charge on any atom is 0.305 e. The molecule has 1 aliphatic heterocycles. The molecule has 0 N–H and O–H groups in total. The molecule has 31 heavy (non-hydrogen) atoms. The molecule has 1 aliphatic carbocycles. The Bertz CT molecular complexity index is 952. The van der Waals surface area contributed by atoms with Crippen LogP contribution in [0.5, 0.6) is 0 Å². The third-order valence-corrected chi connectivity index (χ3v) is 6.97. The number of hydrogen-bond acceptors (Lipinski definition) is 4. The molecule has 4 rings (SSSR count). The second-order valence-corrected chi connectivity index (χ2v) is 8.84. The highest BCUT2D eigenvalue weighted by Crippen LogP contribution is 2.45. The summed E-state index contributed by atoms with van der Waals surface area (Å²) in [5.74, 6) is 0.913. The second kappa shape index (κ2) is 9.63. The number of imidazole rings is 1. The zero-order valence-corrected chi connectivity index (χ0v) is 18.5. The van der Waals surface area contributed by atoms with Gasteiger partial charge >= 0.3 is 5.97 Å². The van der Waals surface area contributed by atoms with E-state index in [0.717, 1.165) is 37.8 Å². The quantitative estimate of drug-likeness (QED) is 0.531. The molecule has 164 valence electrons. The number of ketones is 1. The summed E-state index contributed by atoms with van der Waals surface area (Å²) >= 11 is 0. The molecule has 5 heteroatoms. The van der Waals surface area contributed by atoms with Crippen LogP contribution in [0, 0.1) is 11.8 Å². The lowest BCUT2D eigenvalue weighted by Gasteiger charge is -2.28. The Hall–Kier alpha value is -2.69. The Labute approximate surface area is 184 Å². The lowest BCUT2D eigenvalue weighted by atomic mass is 9.77. The zero-order chi connectivity index (χ0) is 21.8. The van der Waals surface area contributed by atoms with Crippen molar-refractivity contribution in [2.75, 3.05) is 6.61 Å². The highest BCUT2D eigenvalue weighted by molar-refractivity contribution is 5.96. The molecule has 1 atom stereocenters. The monoisotopic (exact) mass is 420 g/mol. The topological polar surface area (TPSA) is 61.2 Å². The molecule has 5 nitrogen and oxygen atoms in total. The van der Waals surface area contributed by atoms with Crippen molar-refractivity contribution in [2.24, 2.45) is 11.8 Å². The van der Waals surface area contributed by atoms with E-state index in [2.05, 4.69) is 40.7 Å². The molecular formula is C26H32N2O3. The summed E-state index contributed by atoms with van der Waals surface area (Å²) in [6.07, 6.45) is 9.56. The van der Waals surface area contributed by atoms with Crippen molar-refractivity contribution in [3.05, 3.63) is 54.1 Å². The van der Waals surface area contributed by atoms with E-state index in [1.54, 1.807) is 0 Å². The fraction of sp³-hybridized carbons (Fsp3) is 0.500. The number of aromatic nitrogens is 2. The molecule has 2 aliphatic rings. The highest BCUT2D eigenvalue weighted by atomic mass is 16.5. The third kappa shape index (κ3) is 4.65. The summed E-state index contributed by atoms with van der Waals surface area (Å²) in [7, 11) is 0. The number of esters is 1. The van der Waals surface area contributed by atoms with Gasteiger partial charge in [0.2, 0.25) is 0 Å². The second-order valence-electron chi connectivity index (χ2n) is 8.84. The van der Waals surface area contributed by atoms with Gasteiger partial charge in [-0.25, -0.2) is 4.98 Å². The van der Waals surface area contributed by atoms with Crippen LogP contribution in [0.25, 0.3) is 11.1 Å². The van der Waals surface area contributed by atoms with Crippen LogP contribution in [0.1, 0.15) is 76.1 Å². The fourth-order valence-electron chi connectivity index (χ4n) is 5.28. The predicted molar refractivity (Wildman–Crippen MR) is 121 cm³/mol. The van der Waals surface area contributed by atoms with Gasteiger partial charge in [0.15, 0.2) is 0 Å². The minimum Gasteiger partial charge on any atom is -0.466 e. The molecule has 1 fully saturated rings. The minimum absolute atomic E-state index is 0.0222. The first kappa shape index (κ1) is 21.5. The number of nitrogens with zero attached hydrogens (tertiary/aromatic N) is 2. The average Bonchev–Trinajstić information content (AvgIpc) is 3.36. The summed E-state index contributed by atoms with van der Waals surface area (Å²) in [5, 5.41) is 0. The first-order valence-electron chi connectivity index (χ1n) is 11.5.